The van der Waals surface area contributed by atoms with E-state index in [-0.39, 0.29) is 17.9 Å². The van der Waals surface area contributed by atoms with Crippen LogP contribution in [0, 0.1) is 6.92 Å². The number of benzene rings is 1. The number of hydrogen-bond donors (Lipinski definition) is 1. The van der Waals surface area contributed by atoms with Gasteiger partial charge in [0.15, 0.2) is 0 Å². The highest BCUT2D eigenvalue weighted by Crippen LogP contribution is 2.13. The van der Waals surface area contributed by atoms with Gasteiger partial charge in [0.05, 0.1) is 23.6 Å². The standard InChI is InChI=1S/C16H18N2O4S/c1-12-4-3-5-13(8-12)11-23(21,22)18(2)10-15-7-6-14(9-17-15)16(19)20/h3-9H,10-11H2,1-2H3,(H,19,20). The van der Waals surface area contributed by atoms with Gasteiger partial charge in [-0.3, -0.25) is 4.98 Å². The molecule has 1 heterocycles. The van der Waals surface area contributed by atoms with Crippen molar-refractivity contribution in [1.82, 2.24) is 9.29 Å². The maximum atomic E-state index is 12.4. The first-order valence-corrected chi connectivity index (χ1v) is 8.56. The fourth-order valence-corrected chi connectivity index (χ4v) is 3.24. The lowest BCUT2D eigenvalue weighted by Crippen LogP contribution is -2.28. The summed E-state index contributed by atoms with van der Waals surface area (Å²) in [5, 5.41) is 8.83. The van der Waals surface area contributed by atoms with E-state index in [1.165, 1.54) is 29.7 Å². The van der Waals surface area contributed by atoms with Gasteiger partial charge in [0.25, 0.3) is 0 Å². The van der Waals surface area contributed by atoms with Gasteiger partial charge in [-0.1, -0.05) is 29.8 Å². The zero-order valence-electron chi connectivity index (χ0n) is 12.9. The number of hydrogen-bond acceptors (Lipinski definition) is 4. The molecule has 0 fully saturated rings. The molecule has 1 aromatic carbocycles. The highest BCUT2D eigenvalue weighted by Gasteiger charge is 2.19. The summed E-state index contributed by atoms with van der Waals surface area (Å²) in [6.07, 6.45) is 1.22. The lowest BCUT2D eigenvalue weighted by atomic mass is 10.2. The minimum atomic E-state index is -3.48. The Morgan fingerprint density at radius 1 is 1.26 bits per heavy atom. The molecule has 0 aliphatic rings. The Balaban J connectivity index is 2.09. The minimum Gasteiger partial charge on any atom is -0.478 e. The van der Waals surface area contributed by atoms with E-state index in [4.69, 9.17) is 5.11 Å². The maximum absolute atomic E-state index is 12.4. The van der Waals surface area contributed by atoms with E-state index >= 15 is 0 Å². The van der Waals surface area contributed by atoms with Gasteiger partial charge in [-0.2, -0.15) is 4.31 Å². The van der Waals surface area contributed by atoms with Crippen molar-refractivity contribution in [1.29, 1.82) is 0 Å². The van der Waals surface area contributed by atoms with Gasteiger partial charge in [0, 0.05) is 13.2 Å². The lowest BCUT2D eigenvalue weighted by molar-refractivity contribution is 0.0696. The van der Waals surface area contributed by atoms with E-state index in [2.05, 4.69) is 4.98 Å². The summed E-state index contributed by atoms with van der Waals surface area (Å²) in [5.41, 5.74) is 2.29. The third-order valence-electron chi connectivity index (χ3n) is 3.36. The normalized spacial score (nSPS) is 11.6. The van der Waals surface area contributed by atoms with Crippen molar-refractivity contribution in [3.63, 3.8) is 0 Å². The maximum Gasteiger partial charge on any atom is 0.337 e. The number of carbonyl (C=O) groups is 1. The molecule has 122 valence electrons. The fraction of sp³-hybridized carbons (Fsp3) is 0.250. The van der Waals surface area contributed by atoms with Gasteiger partial charge in [0.1, 0.15) is 0 Å². The second-order valence-corrected chi connectivity index (χ2v) is 7.42. The van der Waals surface area contributed by atoms with E-state index < -0.39 is 16.0 Å². The predicted molar refractivity (Wildman–Crippen MR) is 86.5 cm³/mol. The summed E-state index contributed by atoms with van der Waals surface area (Å²) in [7, 11) is -1.99. The van der Waals surface area contributed by atoms with Crippen LogP contribution >= 0.6 is 0 Å². The van der Waals surface area contributed by atoms with Crippen LogP contribution in [0.2, 0.25) is 0 Å². The Hall–Kier alpha value is -2.25. The zero-order valence-corrected chi connectivity index (χ0v) is 13.7. The van der Waals surface area contributed by atoms with E-state index in [9.17, 15) is 13.2 Å². The summed E-state index contributed by atoms with van der Waals surface area (Å²) >= 11 is 0. The van der Waals surface area contributed by atoms with Crippen LogP contribution in [0.4, 0.5) is 0 Å². The SMILES string of the molecule is Cc1cccc(CS(=O)(=O)N(C)Cc2ccc(C(=O)O)cn2)c1. The first-order valence-electron chi connectivity index (χ1n) is 6.96. The molecule has 0 radical (unpaired) electrons. The summed E-state index contributed by atoms with van der Waals surface area (Å²) in [5.74, 6) is -1.15. The molecule has 23 heavy (non-hydrogen) atoms. The van der Waals surface area contributed by atoms with Crippen LogP contribution in [0.15, 0.2) is 42.6 Å². The van der Waals surface area contributed by atoms with Crippen LogP contribution in [0.25, 0.3) is 0 Å². The Morgan fingerprint density at radius 2 is 2.00 bits per heavy atom. The molecule has 0 bridgehead atoms. The number of sulfonamides is 1. The van der Waals surface area contributed by atoms with Gasteiger partial charge >= 0.3 is 5.97 Å². The molecule has 0 amide bonds. The van der Waals surface area contributed by atoms with E-state index in [1.54, 1.807) is 6.07 Å². The van der Waals surface area contributed by atoms with Crippen LogP contribution in [-0.2, 0) is 22.3 Å². The van der Waals surface area contributed by atoms with Gasteiger partial charge in [0.2, 0.25) is 10.0 Å². The molecule has 6 nitrogen and oxygen atoms in total. The molecular weight excluding hydrogens is 316 g/mol. The topological polar surface area (TPSA) is 87.6 Å². The smallest absolute Gasteiger partial charge is 0.337 e. The molecule has 1 N–H and O–H groups in total. The number of aromatic nitrogens is 1. The molecular formula is C16H18N2O4S. The first-order chi connectivity index (χ1) is 10.8. The molecule has 0 unspecified atom stereocenters. The molecule has 0 spiro atoms. The van der Waals surface area contributed by atoms with Crippen LogP contribution in [0.5, 0.6) is 0 Å². The highest BCUT2D eigenvalue weighted by molar-refractivity contribution is 7.88. The molecule has 2 aromatic rings. The Kier molecular flexibility index (Phi) is 5.12. The Morgan fingerprint density at radius 3 is 2.57 bits per heavy atom. The zero-order chi connectivity index (χ0) is 17.0. The van der Waals surface area contributed by atoms with E-state index in [0.29, 0.717) is 5.69 Å². The van der Waals surface area contributed by atoms with Crippen molar-refractivity contribution in [3.8, 4) is 0 Å². The third-order valence-corrected chi connectivity index (χ3v) is 5.14. The molecule has 0 saturated heterocycles. The second kappa shape index (κ2) is 6.89. The number of aromatic carboxylic acids is 1. The van der Waals surface area contributed by atoms with Gasteiger partial charge in [-0.05, 0) is 24.6 Å². The number of rotatable bonds is 6. The van der Waals surface area contributed by atoms with Crippen LogP contribution in [-0.4, -0.2) is 35.8 Å². The molecule has 0 saturated carbocycles. The minimum absolute atomic E-state index is 0.0685. The van der Waals surface area contributed by atoms with Crippen molar-refractivity contribution < 1.29 is 18.3 Å². The number of aryl methyl sites for hydroxylation is 1. The molecule has 2 rings (SSSR count). The second-order valence-electron chi connectivity index (χ2n) is 5.34. The molecule has 0 aliphatic carbocycles. The van der Waals surface area contributed by atoms with Crippen LogP contribution in [0.3, 0.4) is 0 Å². The molecule has 0 aliphatic heterocycles. The predicted octanol–water partition coefficient (Wildman–Crippen LogP) is 2.05. The van der Waals surface area contributed by atoms with Gasteiger partial charge < -0.3 is 5.11 Å². The van der Waals surface area contributed by atoms with Crippen molar-refractivity contribution in [2.45, 2.75) is 19.2 Å². The van der Waals surface area contributed by atoms with Crippen molar-refractivity contribution >= 4 is 16.0 Å². The van der Waals surface area contributed by atoms with E-state index in [1.807, 2.05) is 25.1 Å². The first kappa shape index (κ1) is 17.1. The molecule has 7 heteroatoms. The lowest BCUT2D eigenvalue weighted by Gasteiger charge is -2.17. The summed E-state index contributed by atoms with van der Waals surface area (Å²) in [4.78, 5) is 14.8. The highest BCUT2D eigenvalue weighted by atomic mass is 32.2. The largest absolute Gasteiger partial charge is 0.478 e. The summed E-state index contributed by atoms with van der Waals surface area (Å²) in [6, 6.07) is 10.3. The monoisotopic (exact) mass is 334 g/mol. The van der Waals surface area contributed by atoms with Crippen molar-refractivity contribution in [3.05, 3.63) is 65.0 Å². The van der Waals surface area contributed by atoms with Gasteiger partial charge in [-0.15, -0.1) is 0 Å². The third kappa shape index (κ3) is 4.61. The molecule has 0 atom stereocenters. The van der Waals surface area contributed by atoms with Crippen molar-refractivity contribution in [2.75, 3.05) is 7.05 Å². The van der Waals surface area contributed by atoms with Crippen LogP contribution < -0.4 is 0 Å². The van der Waals surface area contributed by atoms with Crippen LogP contribution in [0.1, 0.15) is 27.2 Å². The number of carboxylic acids is 1. The Labute approximate surface area is 135 Å². The number of carboxylic acid groups (broad SMARTS) is 1. The van der Waals surface area contributed by atoms with Gasteiger partial charge in [-0.25, -0.2) is 13.2 Å². The number of nitrogens with zero attached hydrogens (tertiary/aromatic N) is 2. The average Bonchev–Trinajstić information content (AvgIpc) is 2.47. The average molecular weight is 334 g/mol. The van der Waals surface area contributed by atoms with Crippen molar-refractivity contribution in [2.24, 2.45) is 0 Å². The number of pyridine rings is 1. The Bertz CT molecular complexity index is 801. The summed E-state index contributed by atoms with van der Waals surface area (Å²) in [6.45, 7) is 2.00. The fourth-order valence-electron chi connectivity index (χ4n) is 2.09. The molecule has 1 aromatic heterocycles. The van der Waals surface area contributed by atoms with E-state index in [0.717, 1.165) is 11.1 Å². The quantitative estimate of drug-likeness (QED) is 0.873. The summed E-state index contributed by atoms with van der Waals surface area (Å²) < 4.78 is 26.0.